The van der Waals surface area contributed by atoms with Gasteiger partial charge in [0.2, 0.25) is 0 Å². The predicted molar refractivity (Wildman–Crippen MR) is 114 cm³/mol. The average Bonchev–Trinajstić information content (AvgIpc) is 2.65. The van der Waals surface area contributed by atoms with Crippen molar-refractivity contribution in [1.82, 2.24) is 0 Å². The van der Waals surface area contributed by atoms with Crippen molar-refractivity contribution in [2.24, 2.45) is 16.7 Å². The number of Topliss-reactive ketones (excluding diaryl/α,β-unsaturated/α-hetero) is 1. The summed E-state index contributed by atoms with van der Waals surface area (Å²) < 4.78 is 17.8. The molecule has 32 heavy (non-hydrogen) atoms. The van der Waals surface area contributed by atoms with Crippen LogP contribution in [0.4, 0.5) is 0 Å². The molecule has 1 aliphatic heterocycles. The molecule has 0 unspecified atom stereocenters. The summed E-state index contributed by atoms with van der Waals surface area (Å²) in [6, 6.07) is 0. The van der Waals surface area contributed by atoms with Gasteiger partial charge in [-0.1, -0.05) is 26.8 Å². The maximum Gasteiger partial charge on any atom is 0.303 e. The molecule has 0 bridgehead atoms. The van der Waals surface area contributed by atoms with E-state index in [4.69, 9.17) is 14.2 Å². The molecule has 2 aliphatic carbocycles. The summed E-state index contributed by atoms with van der Waals surface area (Å²) in [6.07, 6.45) is -1.22. The number of carbonyl (C=O) groups excluding carboxylic acids is 3. The first-order valence-corrected chi connectivity index (χ1v) is 11.1. The fourth-order valence-corrected chi connectivity index (χ4v) is 6.93. The highest BCUT2D eigenvalue weighted by atomic mass is 16.6. The quantitative estimate of drug-likeness (QED) is 0.493. The third kappa shape index (κ3) is 3.10. The van der Waals surface area contributed by atoms with E-state index >= 15 is 0 Å². The Balaban J connectivity index is 2.39. The number of hydrogen-bond acceptors (Lipinski definition) is 8. The molecule has 0 aromatic heterocycles. The summed E-state index contributed by atoms with van der Waals surface area (Å²) >= 11 is 0. The highest BCUT2D eigenvalue weighted by molar-refractivity contribution is 5.92. The molecule has 2 N–H and O–H groups in total. The molecule has 0 radical (unpaired) electrons. The van der Waals surface area contributed by atoms with Gasteiger partial charge >= 0.3 is 11.9 Å². The normalized spacial score (nSPS) is 47.6. The fourth-order valence-electron chi connectivity index (χ4n) is 6.93. The molecular formula is C24H36O8. The SMILES string of the molecule is C=C[C@]1(C)CC(=O)[C@@]2(O)[C@]3(C)[C@H](O)CCC(C)(C)[C@H]3[C@@H](OC(C)=O)[C@@H](OC(C)=O)[C@]2(C)O1. The van der Waals surface area contributed by atoms with E-state index in [2.05, 4.69) is 6.58 Å². The third-order valence-corrected chi connectivity index (χ3v) is 8.30. The van der Waals surface area contributed by atoms with Crippen LogP contribution >= 0.6 is 0 Å². The van der Waals surface area contributed by atoms with Gasteiger partial charge in [0, 0.05) is 31.6 Å². The maximum atomic E-state index is 13.8. The zero-order valence-electron chi connectivity index (χ0n) is 20.1. The lowest BCUT2D eigenvalue weighted by Crippen LogP contribution is -2.87. The molecule has 0 aromatic rings. The van der Waals surface area contributed by atoms with Crippen molar-refractivity contribution in [2.75, 3.05) is 0 Å². The zero-order chi connectivity index (χ0) is 24.5. The van der Waals surface area contributed by atoms with Gasteiger partial charge in [-0.25, -0.2) is 0 Å². The van der Waals surface area contributed by atoms with Gasteiger partial charge in [0.15, 0.2) is 17.5 Å². The highest BCUT2D eigenvalue weighted by Gasteiger charge is 2.82. The van der Waals surface area contributed by atoms with Crippen LogP contribution in [0.1, 0.15) is 67.7 Å². The standard InChI is InChI=1S/C24H36O8/c1-9-21(6)12-16(28)24(29)22(7)15(27)10-11-20(4,5)18(22)17(30-13(2)25)19(31-14(3)26)23(24,8)32-21/h9,15,17-19,27,29H,1,10-12H2,2-8H3/t15-,17-,18-,19-,21-,22-,23+,24-/m1/s1. The minimum Gasteiger partial charge on any atom is -0.458 e. The second-order valence-corrected chi connectivity index (χ2v) is 10.9. The minimum atomic E-state index is -2.22. The molecule has 1 heterocycles. The van der Waals surface area contributed by atoms with Crippen LogP contribution in [0.2, 0.25) is 0 Å². The Kier molecular flexibility index (Phi) is 5.72. The number of ketones is 1. The molecule has 0 amide bonds. The van der Waals surface area contributed by atoms with Crippen LogP contribution in [0.25, 0.3) is 0 Å². The summed E-state index contributed by atoms with van der Waals surface area (Å²) in [5.41, 5.74) is -7.21. The first-order chi connectivity index (χ1) is 14.5. The molecule has 0 aromatic carbocycles. The monoisotopic (exact) mass is 452 g/mol. The van der Waals surface area contributed by atoms with Gasteiger partial charge in [0.1, 0.15) is 11.7 Å². The molecule has 8 heteroatoms. The van der Waals surface area contributed by atoms with E-state index in [0.29, 0.717) is 12.8 Å². The van der Waals surface area contributed by atoms with Crippen LogP contribution in [0.5, 0.6) is 0 Å². The van der Waals surface area contributed by atoms with Gasteiger partial charge in [-0.2, -0.15) is 0 Å². The largest absolute Gasteiger partial charge is 0.458 e. The van der Waals surface area contributed by atoms with Crippen LogP contribution in [0, 0.1) is 16.7 Å². The second kappa shape index (κ2) is 7.37. The van der Waals surface area contributed by atoms with E-state index < -0.39 is 69.6 Å². The Bertz CT molecular complexity index is 851. The number of aliphatic hydroxyl groups excluding tert-OH is 1. The lowest BCUT2D eigenvalue weighted by molar-refractivity contribution is -0.370. The molecule has 2 saturated carbocycles. The highest BCUT2D eigenvalue weighted by Crippen LogP contribution is 2.67. The molecule has 3 aliphatic rings. The van der Waals surface area contributed by atoms with Crippen LogP contribution in [-0.4, -0.2) is 63.0 Å². The van der Waals surface area contributed by atoms with Crippen molar-refractivity contribution in [3.63, 3.8) is 0 Å². The van der Waals surface area contributed by atoms with E-state index in [1.807, 2.05) is 13.8 Å². The molecule has 0 spiro atoms. The average molecular weight is 453 g/mol. The number of aliphatic hydroxyl groups is 2. The number of esters is 2. The Labute approximate surface area is 189 Å². The van der Waals surface area contributed by atoms with Gasteiger partial charge in [-0.05, 0) is 32.1 Å². The predicted octanol–water partition coefficient (Wildman–Crippen LogP) is 2.09. The molecule has 8 atom stereocenters. The van der Waals surface area contributed by atoms with Crippen molar-refractivity contribution in [3.8, 4) is 0 Å². The third-order valence-electron chi connectivity index (χ3n) is 8.30. The summed E-state index contributed by atoms with van der Waals surface area (Å²) in [7, 11) is 0. The topological polar surface area (TPSA) is 119 Å². The Morgan fingerprint density at radius 1 is 1.12 bits per heavy atom. The number of hydrogen-bond donors (Lipinski definition) is 2. The summed E-state index contributed by atoms with van der Waals surface area (Å²) in [5.74, 6) is -2.51. The van der Waals surface area contributed by atoms with Crippen molar-refractivity contribution in [1.29, 1.82) is 0 Å². The zero-order valence-corrected chi connectivity index (χ0v) is 20.1. The first-order valence-electron chi connectivity index (χ1n) is 11.1. The summed E-state index contributed by atoms with van der Waals surface area (Å²) in [4.78, 5) is 38.2. The van der Waals surface area contributed by atoms with Crippen LogP contribution < -0.4 is 0 Å². The Morgan fingerprint density at radius 2 is 1.69 bits per heavy atom. The first kappa shape index (κ1) is 24.9. The number of fused-ring (bicyclic) bond motifs is 3. The van der Waals surface area contributed by atoms with Crippen LogP contribution in [-0.2, 0) is 28.6 Å². The maximum absolute atomic E-state index is 13.8. The number of rotatable bonds is 3. The minimum absolute atomic E-state index is 0.164. The lowest BCUT2D eigenvalue weighted by atomic mass is 9.39. The van der Waals surface area contributed by atoms with E-state index in [9.17, 15) is 24.6 Å². The van der Waals surface area contributed by atoms with E-state index in [0.717, 1.165) is 0 Å². The van der Waals surface area contributed by atoms with Gasteiger partial charge in [0.05, 0.1) is 11.7 Å². The fraction of sp³-hybridized carbons (Fsp3) is 0.792. The molecule has 3 rings (SSSR count). The number of carbonyl (C=O) groups is 3. The molecule has 1 saturated heterocycles. The lowest BCUT2D eigenvalue weighted by Gasteiger charge is -2.71. The molecule has 8 nitrogen and oxygen atoms in total. The second-order valence-electron chi connectivity index (χ2n) is 10.9. The molecule has 3 fully saturated rings. The van der Waals surface area contributed by atoms with E-state index in [-0.39, 0.29) is 6.42 Å². The molecule has 180 valence electrons. The Morgan fingerprint density at radius 3 is 2.19 bits per heavy atom. The van der Waals surface area contributed by atoms with Gasteiger partial charge in [0.25, 0.3) is 0 Å². The van der Waals surface area contributed by atoms with E-state index in [1.165, 1.54) is 26.8 Å². The molecular weight excluding hydrogens is 416 g/mol. The van der Waals surface area contributed by atoms with Gasteiger partial charge < -0.3 is 24.4 Å². The summed E-state index contributed by atoms with van der Waals surface area (Å²) in [5, 5.41) is 23.6. The van der Waals surface area contributed by atoms with Crippen LogP contribution in [0.15, 0.2) is 12.7 Å². The van der Waals surface area contributed by atoms with Gasteiger partial charge in [-0.15, -0.1) is 6.58 Å². The number of ether oxygens (including phenoxy) is 3. The van der Waals surface area contributed by atoms with E-state index in [1.54, 1.807) is 13.8 Å². The Hall–Kier alpha value is -1.77. The smallest absolute Gasteiger partial charge is 0.303 e. The van der Waals surface area contributed by atoms with Gasteiger partial charge in [-0.3, -0.25) is 14.4 Å². The van der Waals surface area contributed by atoms with Crippen molar-refractivity contribution in [2.45, 2.75) is 103 Å². The van der Waals surface area contributed by atoms with Crippen molar-refractivity contribution >= 4 is 17.7 Å². The van der Waals surface area contributed by atoms with Crippen molar-refractivity contribution < 1.29 is 38.8 Å². The summed E-state index contributed by atoms with van der Waals surface area (Å²) in [6.45, 7) is 14.9. The van der Waals surface area contributed by atoms with Crippen molar-refractivity contribution in [3.05, 3.63) is 12.7 Å². The van der Waals surface area contributed by atoms with Crippen LogP contribution in [0.3, 0.4) is 0 Å².